The number of carbonyl (C=O) groups excluding carboxylic acids is 2. The summed E-state index contributed by atoms with van der Waals surface area (Å²) in [6.45, 7) is 3.22. The lowest BCUT2D eigenvalue weighted by Gasteiger charge is -2.17. The van der Waals surface area contributed by atoms with Crippen LogP contribution < -0.4 is 15.1 Å². The van der Waals surface area contributed by atoms with E-state index in [4.69, 9.17) is 18.6 Å². The van der Waals surface area contributed by atoms with Gasteiger partial charge in [0.05, 0.1) is 26.7 Å². The average molecular weight is 348 g/mol. The van der Waals surface area contributed by atoms with Gasteiger partial charge in [-0.25, -0.2) is 4.79 Å². The van der Waals surface area contributed by atoms with E-state index < -0.39 is 17.5 Å². The van der Waals surface area contributed by atoms with Crippen LogP contribution in [0, 0.1) is 0 Å². The van der Waals surface area contributed by atoms with E-state index in [0.29, 0.717) is 16.7 Å². The monoisotopic (exact) mass is 348 g/mol. The van der Waals surface area contributed by atoms with Crippen molar-refractivity contribution in [1.82, 2.24) is 0 Å². The van der Waals surface area contributed by atoms with Gasteiger partial charge in [-0.3, -0.25) is 9.59 Å². The van der Waals surface area contributed by atoms with Crippen LogP contribution in [-0.4, -0.2) is 32.6 Å². The quantitative estimate of drug-likeness (QED) is 0.560. The Balaban J connectivity index is 2.76. The van der Waals surface area contributed by atoms with Gasteiger partial charge < -0.3 is 18.6 Å². The SMILES string of the molecule is CCOC(=O)[C@@H](CC(C)=O)c1cc(=O)oc2c(OC)c(OC)ccc12. The fourth-order valence-electron chi connectivity index (χ4n) is 2.70. The van der Waals surface area contributed by atoms with Gasteiger partial charge in [0.15, 0.2) is 11.3 Å². The molecule has 7 nitrogen and oxygen atoms in total. The first-order valence-electron chi connectivity index (χ1n) is 7.77. The number of carbonyl (C=O) groups is 2. The Hall–Kier alpha value is -2.83. The highest BCUT2D eigenvalue weighted by atomic mass is 16.5. The van der Waals surface area contributed by atoms with Crippen LogP contribution in [0.5, 0.6) is 11.5 Å². The average Bonchev–Trinajstić information content (AvgIpc) is 2.57. The summed E-state index contributed by atoms with van der Waals surface area (Å²) in [5.41, 5.74) is -0.144. The maximum atomic E-state index is 12.3. The van der Waals surface area contributed by atoms with E-state index in [0.717, 1.165) is 0 Å². The Morgan fingerprint density at radius 1 is 1.20 bits per heavy atom. The molecule has 0 radical (unpaired) electrons. The maximum Gasteiger partial charge on any atom is 0.336 e. The molecule has 7 heteroatoms. The lowest BCUT2D eigenvalue weighted by Crippen LogP contribution is -2.20. The third-order valence-corrected chi connectivity index (χ3v) is 3.73. The number of hydrogen-bond acceptors (Lipinski definition) is 7. The fourth-order valence-corrected chi connectivity index (χ4v) is 2.70. The van der Waals surface area contributed by atoms with Gasteiger partial charge in [-0.1, -0.05) is 0 Å². The second kappa shape index (κ2) is 7.83. The predicted octanol–water partition coefficient (Wildman–Crippen LogP) is 2.44. The van der Waals surface area contributed by atoms with Gasteiger partial charge in [-0.05, 0) is 31.5 Å². The number of esters is 1. The molecule has 0 spiro atoms. The number of Topliss-reactive ketones (excluding diaryl/α,β-unsaturated/α-hetero) is 1. The number of fused-ring (bicyclic) bond motifs is 1. The number of ether oxygens (including phenoxy) is 3. The molecule has 0 aliphatic carbocycles. The molecule has 2 aromatic rings. The first-order chi connectivity index (χ1) is 11.9. The maximum absolute atomic E-state index is 12.3. The summed E-state index contributed by atoms with van der Waals surface area (Å²) in [6.07, 6.45) is -0.0776. The number of hydrogen-bond donors (Lipinski definition) is 0. The standard InChI is InChI=1S/C18H20O7/c1-5-24-18(21)13(8-10(2)19)12-9-15(20)25-16-11(12)6-7-14(22-3)17(16)23-4/h6-7,9,13H,5,8H2,1-4H3/t13-/m0/s1. The summed E-state index contributed by atoms with van der Waals surface area (Å²) in [7, 11) is 2.88. The molecule has 1 aromatic heterocycles. The molecule has 0 saturated carbocycles. The summed E-state index contributed by atoms with van der Waals surface area (Å²) in [6, 6.07) is 4.50. The summed E-state index contributed by atoms with van der Waals surface area (Å²) in [5, 5.41) is 0.483. The normalized spacial score (nSPS) is 11.8. The molecule has 0 aliphatic rings. The smallest absolute Gasteiger partial charge is 0.336 e. The summed E-state index contributed by atoms with van der Waals surface area (Å²) < 4.78 is 20.8. The van der Waals surface area contributed by atoms with Crippen LogP contribution in [0.1, 0.15) is 31.7 Å². The topological polar surface area (TPSA) is 92.0 Å². The van der Waals surface area contributed by atoms with Crippen molar-refractivity contribution in [2.45, 2.75) is 26.2 Å². The molecule has 25 heavy (non-hydrogen) atoms. The molecule has 0 bridgehead atoms. The van der Waals surface area contributed by atoms with E-state index in [1.54, 1.807) is 19.1 Å². The minimum Gasteiger partial charge on any atom is -0.493 e. The van der Waals surface area contributed by atoms with E-state index in [1.165, 1.54) is 27.2 Å². The molecule has 0 amide bonds. The Morgan fingerprint density at radius 2 is 1.92 bits per heavy atom. The van der Waals surface area contributed by atoms with Crippen molar-refractivity contribution >= 4 is 22.7 Å². The van der Waals surface area contributed by atoms with E-state index in [2.05, 4.69) is 0 Å². The van der Waals surface area contributed by atoms with E-state index >= 15 is 0 Å². The molecule has 0 fully saturated rings. The molecule has 1 heterocycles. The van der Waals surface area contributed by atoms with Crippen molar-refractivity contribution in [2.75, 3.05) is 20.8 Å². The minimum absolute atomic E-state index is 0.0776. The minimum atomic E-state index is -0.901. The lowest BCUT2D eigenvalue weighted by molar-refractivity contribution is -0.146. The zero-order valence-corrected chi connectivity index (χ0v) is 14.6. The van der Waals surface area contributed by atoms with Crippen molar-refractivity contribution in [1.29, 1.82) is 0 Å². The zero-order chi connectivity index (χ0) is 18.6. The largest absolute Gasteiger partial charge is 0.493 e. The van der Waals surface area contributed by atoms with Gasteiger partial charge in [-0.15, -0.1) is 0 Å². The second-order valence-corrected chi connectivity index (χ2v) is 5.41. The van der Waals surface area contributed by atoms with Crippen LogP contribution in [0.2, 0.25) is 0 Å². The molecule has 0 N–H and O–H groups in total. The number of ketones is 1. The molecule has 0 unspecified atom stereocenters. The van der Waals surface area contributed by atoms with Crippen LogP contribution in [0.15, 0.2) is 27.4 Å². The van der Waals surface area contributed by atoms with Crippen LogP contribution in [0.4, 0.5) is 0 Å². The van der Waals surface area contributed by atoms with Crippen molar-refractivity contribution in [3.05, 3.63) is 34.2 Å². The summed E-state index contributed by atoms with van der Waals surface area (Å²) in [4.78, 5) is 36.0. The highest BCUT2D eigenvalue weighted by Gasteiger charge is 2.28. The molecule has 2 rings (SSSR count). The van der Waals surface area contributed by atoms with E-state index in [9.17, 15) is 14.4 Å². The van der Waals surface area contributed by atoms with Crippen molar-refractivity contribution in [3.8, 4) is 11.5 Å². The highest BCUT2D eigenvalue weighted by Crippen LogP contribution is 2.38. The molecule has 134 valence electrons. The number of rotatable bonds is 7. The van der Waals surface area contributed by atoms with E-state index in [1.807, 2.05) is 0 Å². The molecule has 1 aromatic carbocycles. The van der Waals surface area contributed by atoms with Crippen molar-refractivity contribution in [2.24, 2.45) is 0 Å². The highest BCUT2D eigenvalue weighted by molar-refractivity contribution is 5.94. The van der Waals surface area contributed by atoms with Crippen LogP contribution in [0.3, 0.4) is 0 Å². The lowest BCUT2D eigenvalue weighted by atomic mass is 9.91. The third kappa shape index (κ3) is 3.81. The Morgan fingerprint density at radius 3 is 2.48 bits per heavy atom. The molecular formula is C18H20O7. The Bertz CT molecular complexity index is 850. The first-order valence-corrected chi connectivity index (χ1v) is 7.77. The van der Waals surface area contributed by atoms with Crippen LogP contribution in [-0.2, 0) is 14.3 Å². The predicted molar refractivity (Wildman–Crippen MR) is 90.3 cm³/mol. The van der Waals surface area contributed by atoms with Gasteiger partial charge in [0, 0.05) is 17.9 Å². The fraction of sp³-hybridized carbons (Fsp3) is 0.389. The third-order valence-electron chi connectivity index (χ3n) is 3.73. The number of benzene rings is 1. The van der Waals surface area contributed by atoms with E-state index in [-0.39, 0.29) is 30.1 Å². The van der Waals surface area contributed by atoms with Crippen molar-refractivity contribution in [3.63, 3.8) is 0 Å². The summed E-state index contributed by atoms with van der Waals surface area (Å²) in [5.74, 6) is -1.04. The van der Waals surface area contributed by atoms with Gasteiger partial charge in [0.25, 0.3) is 0 Å². The van der Waals surface area contributed by atoms with Gasteiger partial charge >= 0.3 is 11.6 Å². The summed E-state index contributed by atoms with van der Waals surface area (Å²) >= 11 is 0. The van der Waals surface area contributed by atoms with Crippen LogP contribution in [0.25, 0.3) is 11.0 Å². The number of methoxy groups -OCH3 is 2. The molecular weight excluding hydrogens is 328 g/mol. The molecule has 0 aliphatic heterocycles. The second-order valence-electron chi connectivity index (χ2n) is 5.41. The van der Waals surface area contributed by atoms with Gasteiger partial charge in [0.1, 0.15) is 5.78 Å². The molecule has 0 saturated heterocycles. The van der Waals surface area contributed by atoms with Gasteiger partial charge in [-0.2, -0.15) is 0 Å². The Labute approximate surface area is 144 Å². The molecule has 1 atom stereocenters. The van der Waals surface area contributed by atoms with Crippen LogP contribution >= 0.6 is 0 Å². The Kier molecular flexibility index (Phi) is 5.80. The van der Waals surface area contributed by atoms with Gasteiger partial charge in [0.2, 0.25) is 5.75 Å². The van der Waals surface area contributed by atoms with Crippen molar-refractivity contribution < 1.29 is 28.2 Å². The zero-order valence-electron chi connectivity index (χ0n) is 14.6. The first kappa shape index (κ1) is 18.5.